The van der Waals surface area contributed by atoms with E-state index in [0.717, 1.165) is 17.0 Å². The minimum absolute atomic E-state index is 0.00379. The molecular weight excluding hydrogens is 340 g/mol. The van der Waals surface area contributed by atoms with Crippen molar-refractivity contribution in [3.8, 4) is 5.69 Å². The summed E-state index contributed by atoms with van der Waals surface area (Å²) in [6, 6.07) is 8.27. The molecule has 6 nitrogen and oxygen atoms in total. The van der Waals surface area contributed by atoms with Crippen molar-refractivity contribution in [2.24, 2.45) is 5.10 Å². The van der Waals surface area contributed by atoms with E-state index in [2.05, 4.69) is 52.5 Å². The summed E-state index contributed by atoms with van der Waals surface area (Å²) in [6.07, 6.45) is 1.38. The first kappa shape index (κ1) is 20.4. The first-order valence-electron chi connectivity index (χ1n) is 9.07. The smallest absolute Gasteiger partial charge is 0.249 e. The summed E-state index contributed by atoms with van der Waals surface area (Å²) in [6.45, 7) is 12.0. The van der Waals surface area contributed by atoms with Crippen LogP contribution in [0, 0.1) is 27.7 Å². The van der Waals surface area contributed by atoms with Crippen molar-refractivity contribution in [2.75, 3.05) is 0 Å². The van der Waals surface area contributed by atoms with Crippen LogP contribution in [0.25, 0.3) is 5.69 Å². The number of rotatable bonds is 6. The Hall–Kier alpha value is -2.89. The van der Waals surface area contributed by atoms with Gasteiger partial charge in [-0.1, -0.05) is 18.2 Å². The van der Waals surface area contributed by atoms with E-state index in [4.69, 9.17) is 0 Å². The topological polar surface area (TPSA) is 75.5 Å². The number of benzene rings is 1. The average molecular weight is 368 g/mol. The maximum atomic E-state index is 11.8. The molecule has 2 rings (SSSR count). The molecule has 0 saturated heterocycles. The molecule has 1 heterocycles. The molecule has 0 bridgehead atoms. The molecule has 0 saturated carbocycles. The Bertz CT molecular complexity index is 858. The zero-order valence-electron chi connectivity index (χ0n) is 16.9. The lowest BCUT2D eigenvalue weighted by atomic mass is 10.1. The zero-order valence-corrected chi connectivity index (χ0v) is 16.9. The number of hydrogen-bond donors (Lipinski definition) is 2. The lowest BCUT2D eigenvalue weighted by Gasteiger charge is -2.15. The van der Waals surface area contributed by atoms with Gasteiger partial charge in [-0.05, 0) is 58.7 Å². The second-order valence-corrected chi connectivity index (χ2v) is 7.09. The van der Waals surface area contributed by atoms with Gasteiger partial charge in [0.1, 0.15) is 6.42 Å². The van der Waals surface area contributed by atoms with Gasteiger partial charge in [-0.15, -0.1) is 0 Å². The van der Waals surface area contributed by atoms with Crippen LogP contribution < -0.4 is 10.7 Å². The number of aryl methyl sites for hydroxylation is 3. The van der Waals surface area contributed by atoms with E-state index < -0.39 is 5.91 Å². The Labute approximate surface area is 160 Å². The molecule has 0 unspecified atom stereocenters. The van der Waals surface area contributed by atoms with E-state index in [-0.39, 0.29) is 18.4 Å². The molecule has 2 amide bonds. The van der Waals surface area contributed by atoms with E-state index in [1.54, 1.807) is 6.21 Å². The minimum Gasteiger partial charge on any atom is -0.353 e. The van der Waals surface area contributed by atoms with Crippen molar-refractivity contribution in [1.29, 1.82) is 0 Å². The summed E-state index contributed by atoms with van der Waals surface area (Å²) < 4.78 is 2.20. The minimum atomic E-state index is -0.437. The van der Waals surface area contributed by atoms with Gasteiger partial charge in [-0.2, -0.15) is 5.10 Å². The highest BCUT2D eigenvalue weighted by Crippen LogP contribution is 2.25. The Morgan fingerprint density at radius 3 is 2.33 bits per heavy atom. The highest BCUT2D eigenvalue weighted by Gasteiger charge is 2.13. The normalized spacial score (nSPS) is 11.2. The quantitative estimate of drug-likeness (QED) is 0.467. The van der Waals surface area contributed by atoms with Crippen molar-refractivity contribution in [3.63, 3.8) is 0 Å². The van der Waals surface area contributed by atoms with Crippen molar-refractivity contribution < 1.29 is 9.59 Å². The molecule has 0 aliphatic rings. The molecular formula is C21H28N4O2. The van der Waals surface area contributed by atoms with Crippen LogP contribution >= 0.6 is 0 Å². The first-order valence-corrected chi connectivity index (χ1v) is 9.07. The van der Waals surface area contributed by atoms with Gasteiger partial charge in [0.25, 0.3) is 0 Å². The summed E-state index contributed by atoms with van der Waals surface area (Å²) in [5, 5.41) is 6.69. The molecule has 27 heavy (non-hydrogen) atoms. The number of carbonyl (C=O) groups is 2. The molecule has 1 aromatic carbocycles. The third-order valence-electron chi connectivity index (χ3n) is 4.30. The Morgan fingerprint density at radius 1 is 1.11 bits per heavy atom. The number of nitrogens with zero attached hydrogens (tertiary/aromatic N) is 2. The molecule has 2 N–H and O–H groups in total. The molecule has 0 radical (unpaired) electrons. The highest BCUT2D eigenvalue weighted by atomic mass is 16.2. The monoisotopic (exact) mass is 368 g/mol. The Morgan fingerprint density at radius 2 is 1.74 bits per heavy atom. The van der Waals surface area contributed by atoms with Gasteiger partial charge in [-0.25, -0.2) is 5.43 Å². The third kappa shape index (κ3) is 5.06. The van der Waals surface area contributed by atoms with Crippen LogP contribution in [0.1, 0.15) is 48.3 Å². The molecule has 144 valence electrons. The van der Waals surface area contributed by atoms with Gasteiger partial charge >= 0.3 is 0 Å². The van der Waals surface area contributed by atoms with Crippen molar-refractivity contribution in [2.45, 2.75) is 54.0 Å². The Kier molecular flexibility index (Phi) is 6.55. The molecule has 0 fully saturated rings. The zero-order chi connectivity index (χ0) is 20.1. The van der Waals surface area contributed by atoms with Crippen LogP contribution in [0.4, 0.5) is 0 Å². The summed E-state index contributed by atoms with van der Waals surface area (Å²) in [4.78, 5) is 23.4. The Balaban J connectivity index is 2.14. The van der Waals surface area contributed by atoms with E-state index in [9.17, 15) is 9.59 Å². The summed E-state index contributed by atoms with van der Waals surface area (Å²) in [5.41, 5.74) is 9.03. The van der Waals surface area contributed by atoms with Crippen LogP contribution in [0.15, 0.2) is 29.4 Å². The number of carbonyl (C=O) groups excluding carboxylic acids is 2. The predicted molar refractivity (Wildman–Crippen MR) is 108 cm³/mol. The van der Waals surface area contributed by atoms with Crippen molar-refractivity contribution in [3.05, 3.63) is 52.3 Å². The lowest BCUT2D eigenvalue weighted by molar-refractivity contribution is -0.129. The highest BCUT2D eigenvalue weighted by molar-refractivity contribution is 5.97. The summed E-state index contributed by atoms with van der Waals surface area (Å²) in [7, 11) is 0. The van der Waals surface area contributed by atoms with E-state index in [1.165, 1.54) is 16.8 Å². The number of amides is 2. The van der Waals surface area contributed by atoms with Gasteiger partial charge < -0.3 is 9.88 Å². The van der Waals surface area contributed by atoms with E-state index >= 15 is 0 Å². The van der Waals surface area contributed by atoms with E-state index in [0.29, 0.717) is 0 Å². The van der Waals surface area contributed by atoms with Gasteiger partial charge in [0.15, 0.2) is 0 Å². The van der Waals surface area contributed by atoms with Crippen LogP contribution in [0.2, 0.25) is 0 Å². The number of hydrazone groups is 1. The van der Waals surface area contributed by atoms with Gasteiger partial charge in [0, 0.05) is 23.0 Å². The number of para-hydroxylation sites is 1. The molecule has 0 aliphatic heterocycles. The van der Waals surface area contributed by atoms with Crippen LogP contribution in [-0.2, 0) is 9.59 Å². The number of hydrogen-bond acceptors (Lipinski definition) is 3. The van der Waals surface area contributed by atoms with Crippen molar-refractivity contribution >= 4 is 18.0 Å². The van der Waals surface area contributed by atoms with Crippen molar-refractivity contribution in [1.82, 2.24) is 15.3 Å². The maximum absolute atomic E-state index is 11.8. The standard InChI is InChI=1S/C21H28N4O2/c1-13(2)23-19(26)11-20(27)24-22-12-18-10-16(5)25(17(18)6)21-14(3)8-7-9-15(21)4/h7-10,12-13H,11H2,1-6H3,(H,23,26)(H,24,27)/b22-12+. The van der Waals surface area contributed by atoms with Crippen LogP contribution in [0.5, 0.6) is 0 Å². The van der Waals surface area contributed by atoms with Crippen LogP contribution in [-0.4, -0.2) is 28.6 Å². The number of nitrogens with one attached hydrogen (secondary N) is 2. The average Bonchev–Trinajstić information content (AvgIpc) is 2.81. The molecule has 2 aromatic rings. The van der Waals surface area contributed by atoms with Gasteiger partial charge in [-0.3, -0.25) is 9.59 Å². The van der Waals surface area contributed by atoms with Gasteiger partial charge in [0.2, 0.25) is 11.8 Å². The molecule has 1 aromatic heterocycles. The third-order valence-corrected chi connectivity index (χ3v) is 4.30. The molecule has 6 heteroatoms. The molecule has 0 aliphatic carbocycles. The first-order chi connectivity index (χ1) is 12.7. The van der Waals surface area contributed by atoms with Crippen LogP contribution in [0.3, 0.4) is 0 Å². The second kappa shape index (κ2) is 8.66. The second-order valence-electron chi connectivity index (χ2n) is 7.09. The largest absolute Gasteiger partial charge is 0.353 e. The molecule has 0 spiro atoms. The summed E-state index contributed by atoms with van der Waals surface area (Å²) >= 11 is 0. The SMILES string of the molecule is Cc1cccc(C)c1-n1c(C)cc(/C=N/NC(=O)CC(=O)NC(C)C)c1C. The van der Waals surface area contributed by atoms with Gasteiger partial charge in [0.05, 0.1) is 11.9 Å². The fourth-order valence-electron chi connectivity index (χ4n) is 3.15. The lowest BCUT2D eigenvalue weighted by Crippen LogP contribution is -2.34. The predicted octanol–water partition coefficient (Wildman–Crippen LogP) is 3.08. The maximum Gasteiger partial charge on any atom is 0.249 e. The summed E-state index contributed by atoms with van der Waals surface area (Å²) in [5.74, 6) is -0.751. The molecule has 0 atom stereocenters. The number of aromatic nitrogens is 1. The fraction of sp³-hybridized carbons (Fsp3) is 0.381. The van der Waals surface area contributed by atoms with E-state index in [1.807, 2.05) is 33.8 Å². The fourth-order valence-corrected chi connectivity index (χ4v) is 3.15.